The molecule has 0 radical (unpaired) electrons. The number of rotatable bonds is 6. The molecule has 1 aromatic carbocycles. The Hall–Kier alpha value is -2.44. The van der Waals surface area contributed by atoms with Crippen molar-refractivity contribution < 1.29 is 4.79 Å². The molecule has 4 rings (SSSR count). The molecular formula is C23H28N4OS. The lowest BCUT2D eigenvalue weighted by Gasteiger charge is -2.27. The molecule has 0 bridgehead atoms. The smallest absolute Gasteiger partial charge is 0.253 e. The fourth-order valence-electron chi connectivity index (χ4n) is 4.13. The number of thiazole rings is 1. The summed E-state index contributed by atoms with van der Waals surface area (Å²) in [4.78, 5) is 19.8. The Bertz CT molecular complexity index is 971. The number of hydrogen-bond acceptors (Lipinski definition) is 4. The number of benzene rings is 1. The van der Waals surface area contributed by atoms with Gasteiger partial charge in [0, 0.05) is 36.1 Å². The van der Waals surface area contributed by atoms with Crippen LogP contribution in [0.2, 0.25) is 0 Å². The van der Waals surface area contributed by atoms with Gasteiger partial charge < -0.3 is 5.32 Å². The van der Waals surface area contributed by atoms with Crippen molar-refractivity contribution in [3.05, 3.63) is 70.0 Å². The first kappa shape index (κ1) is 19.9. The number of aryl methyl sites for hydroxylation is 1. The van der Waals surface area contributed by atoms with Crippen LogP contribution in [0.4, 0.5) is 0 Å². The molecule has 0 spiro atoms. The number of carbonyl (C=O) groups is 1. The number of piperidine rings is 1. The maximum atomic E-state index is 12.9. The summed E-state index contributed by atoms with van der Waals surface area (Å²) >= 11 is 1.57. The Morgan fingerprint density at radius 1 is 1.14 bits per heavy atom. The second kappa shape index (κ2) is 8.93. The Balaban J connectivity index is 1.46. The van der Waals surface area contributed by atoms with E-state index in [9.17, 15) is 4.79 Å². The van der Waals surface area contributed by atoms with E-state index in [1.165, 1.54) is 43.5 Å². The molecule has 0 aliphatic carbocycles. The zero-order chi connectivity index (χ0) is 20.2. The van der Waals surface area contributed by atoms with Crippen molar-refractivity contribution in [2.24, 2.45) is 0 Å². The maximum absolute atomic E-state index is 12.9. The monoisotopic (exact) mass is 408 g/mol. The van der Waals surface area contributed by atoms with E-state index in [0.717, 1.165) is 23.1 Å². The molecule has 0 unspecified atom stereocenters. The molecule has 1 fully saturated rings. The van der Waals surface area contributed by atoms with Crippen LogP contribution < -0.4 is 5.32 Å². The zero-order valence-corrected chi connectivity index (χ0v) is 18.0. The second-order valence-corrected chi connectivity index (χ2v) is 8.60. The van der Waals surface area contributed by atoms with E-state index < -0.39 is 0 Å². The van der Waals surface area contributed by atoms with Crippen LogP contribution in [-0.2, 0) is 13.1 Å². The third-order valence-corrected chi connectivity index (χ3v) is 6.44. The predicted molar refractivity (Wildman–Crippen MR) is 118 cm³/mol. The van der Waals surface area contributed by atoms with Crippen LogP contribution in [-0.4, -0.2) is 33.4 Å². The topological polar surface area (TPSA) is 50.2 Å². The standard InChI is InChI=1S/C23H28N4OS/c1-17-14-21(18(2)27(17)23-24-10-13-29-23)22(28)25-15-19-8-4-5-9-20(19)16-26-11-6-3-7-12-26/h4-5,8-10,13-14H,3,6-7,11-12,15-16H2,1-2H3,(H,25,28). The van der Waals surface area contributed by atoms with Gasteiger partial charge in [-0.2, -0.15) is 0 Å². The van der Waals surface area contributed by atoms with Crippen LogP contribution in [0.5, 0.6) is 0 Å². The van der Waals surface area contributed by atoms with Crippen LogP contribution in [0.25, 0.3) is 5.13 Å². The van der Waals surface area contributed by atoms with Crippen LogP contribution in [0, 0.1) is 13.8 Å². The highest BCUT2D eigenvalue weighted by atomic mass is 32.1. The van der Waals surface area contributed by atoms with E-state index >= 15 is 0 Å². The van der Waals surface area contributed by atoms with E-state index in [2.05, 4.69) is 39.5 Å². The van der Waals surface area contributed by atoms with Crippen molar-refractivity contribution in [3.63, 3.8) is 0 Å². The number of nitrogens with zero attached hydrogens (tertiary/aromatic N) is 3. The van der Waals surface area contributed by atoms with E-state index in [1.54, 1.807) is 17.5 Å². The summed E-state index contributed by atoms with van der Waals surface area (Å²) < 4.78 is 2.05. The van der Waals surface area contributed by atoms with Crippen LogP contribution in [0.3, 0.4) is 0 Å². The molecule has 1 saturated heterocycles. The predicted octanol–water partition coefficient (Wildman–Crippen LogP) is 4.47. The van der Waals surface area contributed by atoms with Crippen LogP contribution in [0.15, 0.2) is 41.9 Å². The first-order valence-corrected chi connectivity index (χ1v) is 11.2. The quantitative estimate of drug-likeness (QED) is 0.655. The maximum Gasteiger partial charge on any atom is 0.253 e. The van der Waals surface area contributed by atoms with Crippen molar-refractivity contribution in [1.82, 2.24) is 19.8 Å². The number of carbonyl (C=O) groups excluding carboxylic acids is 1. The van der Waals surface area contributed by atoms with Gasteiger partial charge in [0.2, 0.25) is 0 Å². The van der Waals surface area contributed by atoms with Gasteiger partial charge in [-0.25, -0.2) is 4.98 Å². The van der Waals surface area contributed by atoms with Crippen molar-refractivity contribution in [2.75, 3.05) is 13.1 Å². The van der Waals surface area contributed by atoms with Crippen LogP contribution in [0.1, 0.15) is 52.1 Å². The lowest BCUT2D eigenvalue weighted by atomic mass is 10.0. The normalized spacial score (nSPS) is 14.8. The van der Waals surface area contributed by atoms with E-state index in [-0.39, 0.29) is 5.91 Å². The van der Waals surface area contributed by atoms with Crippen molar-refractivity contribution in [2.45, 2.75) is 46.2 Å². The first-order valence-electron chi connectivity index (χ1n) is 10.3. The summed E-state index contributed by atoms with van der Waals surface area (Å²) in [6.45, 7) is 7.84. The molecule has 0 atom stereocenters. The Labute approximate surface area is 176 Å². The van der Waals surface area contributed by atoms with Gasteiger partial charge in [0.05, 0.1) is 5.56 Å². The van der Waals surface area contributed by atoms with E-state index in [1.807, 2.05) is 29.9 Å². The molecule has 5 nitrogen and oxygen atoms in total. The summed E-state index contributed by atoms with van der Waals surface area (Å²) in [7, 11) is 0. The minimum Gasteiger partial charge on any atom is -0.348 e. The largest absolute Gasteiger partial charge is 0.348 e. The Morgan fingerprint density at radius 3 is 2.62 bits per heavy atom. The summed E-state index contributed by atoms with van der Waals surface area (Å²) in [5.74, 6) is -0.0336. The fraction of sp³-hybridized carbons (Fsp3) is 0.391. The molecule has 3 heterocycles. The molecule has 2 aromatic heterocycles. The number of aromatic nitrogens is 2. The molecule has 1 aliphatic rings. The fourth-order valence-corrected chi connectivity index (χ4v) is 4.88. The van der Waals surface area contributed by atoms with E-state index in [0.29, 0.717) is 12.1 Å². The van der Waals surface area contributed by atoms with Gasteiger partial charge in [-0.3, -0.25) is 14.3 Å². The van der Waals surface area contributed by atoms with Crippen LogP contribution >= 0.6 is 11.3 Å². The van der Waals surface area contributed by atoms with Gasteiger partial charge in [0.25, 0.3) is 5.91 Å². The molecular weight excluding hydrogens is 380 g/mol. The van der Waals surface area contributed by atoms with Crippen molar-refractivity contribution in [1.29, 1.82) is 0 Å². The third-order valence-electron chi connectivity index (χ3n) is 5.69. The molecule has 1 N–H and O–H groups in total. The van der Waals surface area contributed by atoms with Crippen molar-refractivity contribution in [3.8, 4) is 5.13 Å². The highest BCUT2D eigenvalue weighted by Gasteiger charge is 2.18. The Kier molecular flexibility index (Phi) is 6.11. The van der Waals surface area contributed by atoms with Gasteiger partial charge in [0.1, 0.15) is 0 Å². The van der Waals surface area contributed by atoms with Gasteiger partial charge in [-0.1, -0.05) is 30.7 Å². The highest BCUT2D eigenvalue weighted by Crippen LogP contribution is 2.22. The molecule has 6 heteroatoms. The summed E-state index contributed by atoms with van der Waals surface area (Å²) in [6.07, 6.45) is 5.70. The molecule has 1 aliphatic heterocycles. The average Bonchev–Trinajstić information content (AvgIpc) is 3.35. The molecule has 29 heavy (non-hydrogen) atoms. The second-order valence-electron chi connectivity index (χ2n) is 7.72. The van der Waals surface area contributed by atoms with Gasteiger partial charge in [-0.15, -0.1) is 11.3 Å². The van der Waals surface area contributed by atoms with Gasteiger partial charge >= 0.3 is 0 Å². The highest BCUT2D eigenvalue weighted by molar-refractivity contribution is 7.12. The number of hydrogen-bond donors (Lipinski definition) is 1. The molecule has 3 aromatic rings. The molecule has 1 amide bonds. The van der Waals surface area contributed by atoms with Gasteiger partial charge in [0.15, 0.2) is 5.13 Å². The van der Waals surface area contributed by atoms with E-state index in [4.69, 9.17) is 0 Å². The summed E-state index contributed by atoms with van der Waals surface area (Å²) in [5, 5.41) is 5.98. The minimum absolute atomic E-state index is 0.0336. The Morgan fingerprint density at radius 2 is 1.90 bits per heavy atom. The van der Waals surface area contributed by atoms with Crippen molar-refractivity contribution >= 4 is 17.2 Å². The average molecular weight is 409 g/mol. The number of likely N-dealkylation sites (tertiary alicyclic amines) is 1. The molecule has 152 valence electrons. The summed E-state index contributed by atoms with van der Waals surface area (Å²) in [5.41, 5.74) is 5.17. The SMILES string of the molecule is Cc1cc(C(=O)NCc2ccccc2CN2CCCCC2)c(C)n1-c1nccs1. The van der Waals surface area contributed by atoms with Gasteiger partial charge in [-0.05, 0) is 57.0 Å². The summed E-state index contributed by atoms with van der Waals surface area (Å²) in [6, 6.07) is 10.4. The first-order chi connectivity index (χ1) is 14.1. The molecule has 0 saturated carbocycles. The third kappa shape index (κ3) is 4.43. The lowest BCUT2D eigenvalue weighted by molar-refractivity contribution is 0.0950. The minimum atomic E-state index is -0.0336. The number of amides is 1. The zero-order valence-electron chi connectivity index (χ0n) is 17.1. The number of nitrogens with one attached hydrogen (secondary N) is 1. The lowest BCUT2D eigenvalue weighted by Crippen LogP contribution is -2.30.